The fraction of sp³-hybridized carbons (Fsp3) is 0.450. The van der Waals surface area contributed by atoms with E-state index in [-0.39, 0.29) is 29.9 Å². The molecule has 1 atom stereocenters. The summed E-state index contributed by atoms with van der Waals surface area (Å²) in [6, 6.07) is 9.62. The Morgan fingerprint density at radius 1 is 1.39 bits per heavy atom. The zero-order valence-electron chi connectivity index (χ0n) is 16.1. The molecule has 7 nitrogen and oxygen atoms in total. The number of allylic oxidation sites excluding steroid dienone is 1. The average Bonchev–Trinajstić information content (AvgIpc) is 2.70. The van der Waals surface area contributed by atoms with Crippen LogP contribution in [0.25, 0.3) is 0 Å². The summed E-state index contributed by atoms with van der Waals surface area (Å²) in [7, 11) is 1.61. The van der Waals surface area contributed by atoms with Gasteiger partial charge in [0.1, 0.15) is 5.75 Å². The minimum Gasteiger partial charge on any atom is -0.494 e. The van der Waals surface area contributed by atoms with Crippen LogP contribution in [0.3, 0.4) is 0 Å². The molecule has 0 spiro atoms. The Hall–Kier alpha value is -2.50. The van der Waals surface area contributed by atoms with Crippen LogP contribution in [0.5, 0.6) is 5.75 Å². The molecular weight excluding hydrogens is 378 g/mol. The van der Waals surface area contributed by atoms with Gasteiger partial charge in [-0.3, -0.25) is 9.59 Å². The van der Waals surface area contributed by atoms with Crippen molar-refractivity contribution in [2.75, 3.05) is 32.6 Å². The maximum atomic E-state index is 12.2. The van der Waals surface area contributed by atoms with Crippen LogP contribution in [0.4, 0.5) is 0 Å². The van der Waals surface area contributed by atoms with Gasteiger partial charge in [0.15, 0.2) is 0 Å². The van der Waals surface area contributed by atoms with Crippen molar-refractivity contribution in [2.24, 2.45) is 0 Å². The first-order chi connectivity index (χ1) is 13.6. The molecule has 0 bridgehead atoms. The van der Waals surface area contributed by atoms with Crippen molar-refractivity contribution in [1.29, 1.82) is 5.26 Å². The first kappa shape index (κ1) is 21.8. The number of rotatable bonds is 10. The molecule has 1 heterocycles. The van der Waals surface area contributed by atoms with Crippen molar-refractivity contribution < 1.29 is 19.1 Å². The number of amides is 2. The number of carbonyl (C=O) groups is 2. The largest absolute Gasteiger partial charge is 0.494 e. The summed E-state index contributed by atoms with van der Waals surface area (Å²) in [5, 5.41) is 15.6. The van der Waals surface area contributed by atoms with E-state index in [9.17, 15) is 14.9 Å². The molecule has 0 aromatic heterocycles. The lowest BCUT2D eigenvalue weighted by Gasteiger charge is -2.25. The first-order valence-electron chi connectivity index (χ1n) is 9.14. The summed E-state index contributed by atoms with van der Waals surface area (Å²) >= 11 is 1.17. The number of ether oxygens (including phenoxy) is 2. The first-order valence-corrected chi connectivity index (χ1v) is 10.1. The summed E-state index contributed by atoms with van der Waals surface area (Å²) in [6.45, 7) is 3.59. The molecule has 28 heavy (non-hydrogen) atoms. The number of thioether (sulfide) groups is 1. The Balaban J connectivity index is 2.07. The third-order valence-electron chi connectivity index (χ3n) is 4.14. The highest BCUT2D eigenvalue weighted by Gasteiger charge is 2.29. The third-order valence-corrected chi connectivity index (χ3v) is 5.16. The molecule has 0 saturated carbocycles. The number of nitrogens with zero attached hydrogens (tertiary/aromatic N) is 1. The van der Waals surface area contributed by atoms with Gasteiger partial charge >= 0.3 is 0 Å². The Morgan fingerprint density at radius 3 is 2.79 bits per heavy atom. The fourth-order valence-electron chi connectivity index (χ4n) is 2.81. The molecule has 0 fully saturated rings. The SMILES string of the molecule is CCOc1ccc([C@@H]2CC(=O)NC(SCC(=O)NCCCOC)=C2C#N)cc1. The summed E-state index contributed by atoms with van der Waals surface area (Å²) in [4.78, 5) is 24.1. The molecule has 1 aromatic rings. The predicted molar refractivity (Wildman–Crippen MR) is 108 cm³/mol. The molecule has 1 aliphatic heterocycles. The van der Waals surface area contributed by atoms with Gasteiger partial charge in [0.2, 0.25) is 11.8 Å². The van der Waals surface area contributed by atoms with Gasteiger partial charge in [-0.25, -0.2) is 0 Å². The van der Waals surface area contributed by atoms with Gasteiger partial charge in [-0.15, -0.1) is 0 Å². The standard InChI is InChI=1S/C20H25N3O4S/c1-3-27-15-7-5-14(6-8-15)16-11-18(24)23-20(17(16)12-21)28-13-19(25)22-9-4-10-26-2/h5-8,16H,3-4,9-11,13H2,1-2H3,(H,22,25)(H,23,24)/t16-/m0/s1. The zero-order valence-corrected chi connectivity index (χ0v) is 16.9. The van der Waals surface area contributed by atoms with E-state index in [1.807, 2.05) is 31.2 Å². The van der Waals surface area contributed by atoms with E-state index in [4.69, 9.17) is 9.47 Å². The number of nitrogens with one attached hydrogen (secondary N) is 2. The van der Waals surface area contributed by atoms with E-state index in [0.717, 1.165) is 17.7 Å². The van der Waals surface area contributed by atoms with E-state index in [0.29, 0.717) is 30.4 Å². The van der Waals surface area contributed by atoms with Crippen molar-refractivity contribution in [3.05, 3.63) is 40.4 Å². The van der Waals surface area contributed by atoms with Crippen LogP contribution in [0.1, 0.15) is 31.2 Å². The predicted octanol–water partition coefficient (Wildman–Crippen LogP) is 2.31. The second-order valence-corrected chi connectivity index (χ2v) is 7.13. The smallest absolute Gasteiger partial charge is 0.230 e. The summed E-state index contributed by atoms with van der Waals surface area (Å²) in [5.41, 5.74) is 1.35. The van der Waals surface area contributed by atoms with Crippen molar-refractivity contribution >= 4 is 23.6 Å². The zero-order chi connectivity index (χ0) is 20.4. The summed E-state index contributed by atoms with van der Waals surface area (Å²) in [6.07, 6.45) is 0.930. The lowest BCUT2D eigenvalue weighted by atomic mass is 9.87. The van der Waals surface area contributed by atoms with Gasteiger partial charge in [-0.1, -0.05) is 23.9 Å². The monoisotopic (exact) mass is 403 g/mol. The molecule has 0 aliphatic carbocycles. The summed E-state index contributed by atoms with van der Waals surface area (Å²) < 4.78 is 10.4. The van der Waals surface area contributed by atoms with Gasteiger partial charge in [-0.05, 0) is 31.0 Å². The van der Waals surface area contributed by atoms with Crippen LogP contribution in [0.2, 0.25) is 0 Å². The Labute approximate surface area is 169 Å². The van der Waals surface area contributed by atoms with Crippen molar-refractivity contribution in [3.8, 4) is 11.8 Å². The van der Waals surface area contributed by atoms with Gasteiger partial charge in [-0.2, -0.15) is 5.26 Å². The van der Waals surface area contributed by atoms with E-state index < -0.39 is 0 Å². The van der Waals surface area contributed by atoms with Crippen molar-refractivity contribution in [1.82, 2.24) is 10.6 Å². The van der Waals surface area contributed by atoms with E-state index >= 15 is 0 Å². The molecule has 2 rings (SSSR count). The maximum absolute atomic E-state index is 12.2. The van der Waals surface area contributed by atoms with Crippen molar-refractivity contribution in [2.45, 2.75) is 25.7 Å². The molecule has 0 unspecified atom stereocenters. The molecule has 2 amide bonds. The molecule has 0 radical (unpaired) electrons. The van der Waals surface area contributed by atoms with E-state index in [1.165, 1.54) is 11.8 Å². The van der Waals surface area contributed by atoms with E-state index in [1.54, 1.807) is 7.11 Å². The quantitative estimate of drug-likeness (QED) is 0.582. The van der Waals surface area contributed by atoms with Crippen LogP contribution in [0.15, 0.2) is 34.9 Å². The Morgan fingerprint density at radius 2 is 2.14 bits per heavy atom. The molecule has 1 aromatic carbocycles. The second-order valence-electron chi connectivity index (χ2n) is 6.15. The van der Waals surface area contributed by atoms with Gasteiger partial charge in [0, 0.05) is 32.6 Å². The second kappa shape index (κ2) is 11.4. The van der Waals surface area contributed by atoms with Crippen LogP contribution in [0, 0.1) is 11.3 Å². The molecule has 1 aliphatic rings. The third kappa shape index (κ3) is 6.29. The number of benzene rings is 1. The number of hydrogen-bond acceptors (Lipinski definition) is 6. The normalized spacial score (nSPS) is 16.3. The molecule has 2 N–H and O–H groups in total. The average molecular weight is 404 g/mol. The number of nitriles is 1. The van der Waals surface area contributed by atoms with Crippen LogP contribution >= 0.6 is 11.8 Å². The Kier molecular flexibility index (Phi) is 8.85. The number of carbonyl (C=O) groups excluding carboxylic acids is 2. The fourth-order valence-corrected chi connectivity index (χ4v) is 3.72. The molecule has 150 valence electrons. The van der Waals surface area contributed by atoms with Gasteiger partial charge in [0.25, 0.3) is 0 Å². The number of methoxy groups -OCH3 is 1. The molecule has 0 saturated heterocycles. The topological polar surface area (TPSA) is 100 Å². The lowest BCUT2D eigenvalue weighted by molar-refractivity contribution is -0.121. The van der Waals surface area contributed by atoms with Crippen molar-refractivity contribution in [3.63, 3.8) is 0 Å². The van der Waals surface area contributed by atoms with Gasteiger partial charge in [0.05, 0.1) is 29.0 Å². The van der Waals surface area contributed by atoms with Crippen LogP contribution < -0.4 is 15.4 Å². The Bertz CT molecular complexity index is 756. The minimum absolute atomic E-state index is 0.129. The minimum atomic E-state index is -0.332. The number of hydrogen-bond donors (Lipinski definition) is 2. The molecular formula is C20H25N3O4S. The van der Waals surface area contributed by atoms with Crippen LogP contribution in [-0.4, -0.2) is 44.4 Å². The summed E-state index contributed by atoms with van der Waals surface area (Å²) in [5.74, 6) is 0.226. The maximum Gasteiger partial charge on any atom is 0.230 e. The highest BCUT2D eigenvalue weighted by atomic mass is 32.2. The highest BCUT2D eigenvalue weighted by Crippen LogP contribution is 2.36. The van der Waals surface area contributed by atoms with Crippen LogP contribution in [-0.2, 0) is 14.3 Å². The van der Waals surface area contributed by atoms with E-state index in [2.05, 4.69) is 16.7 Å². The van der Waals surface area contributed by atoms with Gasteiger partial charge < -0.3 is 20.1 Å². The highest BCUT2D eigenvalue weighted by molar-refractivity contribution is 8.03. The molecule has 8 heteroatoms. The lowest BCUT2D eigenvalue weighted by Crippen LogP contribution is -2.32.